The summed E-state index contributed by atoms with van der Waals surface area (Å²) in [6, 6.07) is 5.86. The number of nitrogens with two attached hydrogens (primary N) is 1. The van der Waals surface area contributed by atoms with Crippen LogP contribution >= 0.6 is 0 Å². The van der Waals surface area contributed by atoms with Crippen LogP contribution in [0.5, 0.6) is 5.75 Å². The predicted molar refractivity (Wildman–Crippen MR) is 56.2 cm³/mol. The molecule has 1 aromatic rings. The Balaban J connectivity index is 2.73. The van der Waals surface area contributed by atoms with Crippen LogP contribution in [0.3, 0.4) is 0 Å². The number of rotatable bonds is 4. The van der Waals surface area contributed by atoms with Crippen molar-refractivity contribution >= 4 is 0 Å². The highest BCUT2D eigenvalue weighted by atomic mass is 16.5. The molecule has 0 amide bonds. The monoisotopic (exact) mass is 195 g/mol. The number of ether oxygens (including phenoxy) is 1. The van der Waals surface area contributed by atoms with Gasteiger partial charge in [0, 0.05) is 6.54 Å². The van der Waals surface area contributed by atoms with Gasteiger partial charge in [-0.2, -0.15) is 0 Å². The van der Waals surface area contributed by atoms with Crippen LogP contribution in [0.4, 0.5) is 0 Å². The number of aliphatic hydroxyl groups is 1. The van der Waals surface area contributed by atoms with Crippen molar-refractivity contribution in [3.8, 4) is 5.75 Å². The van der Waals surface area contributed by atoms with Crippen molar-refractivity contribution in [1.29, 1.82) is 0 Å². The Morgan fingerprint density at radius 2 is 2.21 bits per heavy atom. The molecule has 0 bridgehead atoms. The average molecular weight is 195 g/mol. The van der Waals surface area contributed by atoms with E-state index in [1.165, 1.54) is 0 Å². The van der Waals surface area contributed by atoms with E-state index in [1.807, 2.05) is 25.1 Å². The first-order chi connectivity index (χ1) is 6.63. The molecule has 14 heavy (non-hydrogen) atoms. The summed E-state index contributed by atoms with van der Waals surface area (Å²) in [6.45, 7) is 4.49. The number of aryl methyl sites for hydroxylation is 1. The molecule has 3 N–H and O–H groups in total. The highest BCUT2D eigenvalue weighted by Gasteiger charge is 2.02. The zero-order chi connectivity index (χ0) is 10.6. The molecule has 0 spiro atoms. The van der Waals surface area contributed by atoms with Gasteiger partial charge in [0.2, 0.25) is 0 Å². The summed E-state index contributed by atoms with van der Waals surface area (Å²) in [5, 5.41) is 9.08. The molecule has 3 nitrogen and oxygen atoms in total. The third kappa shape index (κ3) is 3.01. The maximum atomic E-state index is 9.08. The summed E-state index contributed by atoms with van der Waals surface area (Å²) in [4.78, 5) is 0. The van der Waals surface area contributed by atoms with Crippen molar-refractivity contribution in [3.63, 3.8) is 0 Å². The normalized spacial score (nSPS) is 12.6. The zero-order valence-corrected chi connectivity index (χ0v) is 8.66. The van der Waals surface area contributed by atoms with Gasteiger partial charge in [0.1, 0.15) is 12.4 Å². The molecule has 0 aromatic heterocycles. The minimum atomic E-state index is -0.448. The Hall–Kier alpha value is -1.06. The molecule has 1 aromatic carbocycles. The van der Waals surface area contributed by atoms with Crippen LogP contribution in [-0.4, -0.2) is 17.8 Å². The van der Waals surface area contributed by atoms with Crippen molar-refractivity contribution in [2.75, 3.05) is 6.61 Å². The molecule has 0 radical (unpaired) electrons. The minimum Gasteiger partial charge on any atom is -0.491 e. The topological polar surface area (TPSA) is 55.5 Å². The fourth-order valence-corrected chi connectivity index (χ4v) is 1.14. The number of benzene rings is 1. The van der Waals surface area contributed by atoms with Gasteiger partial charge in [-0.05, 0) is 31.0 Å². The number of hydrogen-bond acceptors (Lipinski definition) is 3. The molecule has 0 saturated heterocycles. The predicted octanol–water partition coefficient (Wildman–Crippen LogP) is 1.21. The van der Waals surface area contributed by atoms with Crippen LogP contribution in [0.15, 0.2) is 18.2 Å². The minimum absolute atomic E-state index is 0.314. The molecule has 1 rings (SSSR count). The summed E-state index contributed by atoms with van der Waals surface area (Å²) in [5.41, 5.74) is 7.62. The van der Waals surface area contributed by atoms with Crippen LogP contribution in [-0.2, 0) is 6.54 Å². The maximum absolute atomic E-state index is 9.08. The molecule has 1 unspecified atom stereocenters. The third-order valence-electron chi connectivity index (χ3n) is 1.97. The molecule has 0 heterocycles. The smallest absolute Gasteiger partial charge is 0.122 e. The van der Waals surface area contributed by atoms with Crippen molar-refractivity contribution in [2.45, 2.75) is 26.5 Å². The summed E-state index contributed by atoms with van der Waals surface area (Å²) in [5.74, 6) is 0.800. The molecule has 1 atom stereocenters. The van der Waals surface area contributed by atoms with Crippen molar-refractivity contribution in [3.05, 3.63) is 29.3 Å². The summed E-state index contributed by atoms with van der Waals surface area (Å²) >= 11 is 0. The van der Waals surface area contributed by atoms with E-state index >= 15 is 0 Å². The quantitative estimate of drug-likeness (QED) is 0.759. The highest BCUT2D eigenvalue weighted by molar-refractivity contribution is 5.36. The van der Waals surface area contributed by atoms with Gasteiger partial charge in [-0.3, -0.25) is 0 Å². The fraction of sp³-hybridized carbons (Fsp3) is 0.455. The molecule has 0 aliphatic heterocycles. The van der Waals surface area contributed by atoms with Crippen molar-refractivity contribution in [2.24, 2.45) is 5.73 Å². The van der Waals surface area contributed by atoms with Crippen LogP contribution < -0.4 is 10.5 Å². The van der Waals surface area contributed by atoms with Gasteiger partial charge in [0.25, 0.3) is 0 Å². The molecule has 3 heteroatoms. The second kappa shape index (κ2) is 4.98. The average Bonchev–Trinajstić information content (AvgIpc) is 2.16. The van der Waals surface area contributed by atoms with E-state index in [4.69, 9.17) is 15.6 Å². The molecular formula is C11H17NO2. The van der Waals surface area contributed by atoms with Gasteiger partial charge >= 0.3 is 0 Å². The molecule has 0 aliphatic rings. The van der Waals surface area contributed by atoms with Gasteiger partial charge in [-0.1, -0.05) is 12.1 Å². The summed E-state index contributed by atoms with van der Waals surface area (Å²) < 4.78 is 5.44. The van der Waals surface area contributed by atoms with E-state index < -0.39 is 6.10 Å². The standard InChI is InChI=1S/C11H17NO2/c1-8-3-4-10(6-12)5-11(8)14-7-9(2)13/h3-5,9,13H,6-7,12H2,1-2H3. The Morgan fingerprint density at radius 1 is 1.50 bits per heavy atom. The lowest BCUT2D eigenvalue weighted by molar-refractivity contribution is 0.122. The van der Waals surface area contributed by atoms with Gasteiger partial charge in [-0.25, -0.2) is 0 Å². The third-order valence-corrected chi connectivity index (χ3v) is 1.97. The van der Waals surface area contributed by atoms with E-state index in [9.17, 15) is 0 Å². The van der Waals surface area contributed by atoms with E-state index in [-0.39, 0.29) is 0 Å². The Kier molecular flexibility index (Phi) is 3.92. The molecule has 0 saturated carbocycles. The van der Waals surface area contributed by atoms with Crippen LogP contribution in [0.1, 0.15) is 18.1 Å². The first kappa shape index (κ1) is 11.0. The second-order valence-corrected chi connectivity index (χ2v) is 3.46. The highest BCUT2D eigenvalue weighted by Crippen LogP contribution is 2.19. The maximum Gasteiger partial charge on any atom is 0.122 e. The van der Waals surface area contributed by atoms with E-state index in [0.29, 0.717) is 13.2 Å². The molecule has 78 valence electrons. The van der Waals surface area contributed by atoms with E-state index in [0.717, 1.165) is 16.9 Å². The fourth-order valence-electron chi connectivity index (χ4n) is 1.14. The summed E-state index contributed by atoms with van der Waals surface area (Å²) in [6.07, 6.45) is -0.448. The zero-order valence-electron chi connectivity index (χ0n) is 8.66. The van der Waals surface area contributed by atoms with Crippen LogP contribution in [0.25, 0.3) is 0 Å². The van der Waals surface area contributed by atoms with Crippen LogP contribution in [0, 0.1) is 6.92 Å². The number of aliphatic hydroxyl groups excluding tert-OH is 1. The molecule has 0 aliphatic carbocycles. The Morgan fingerprint density at radius 3 is 2.79 bits per heavy atom. The second-order valence-electron chi connectivity index (χ2n) is 3.46. The lowest BCUT2D eigenvalue weighted by atomic mass is 10.1. The van der Waals surface area contributed by atoms with Gasteiger partial charge in [0.15, 0.2) is 0 Å². The van der Waals surface area contributed by atoms with E-state index in [2.05, 4.69) is 0 Å². The van der Waals surface area contributed by atoms with Crippen molar-refractivity contribution in [1.82, 2.24) is 0 Å². The number of hydrogen-bond donors (Lipinski definition) is 2. The lowest BCUT2D eigenvalue weighted by Crippen LogP contribution is -2.13. The first-order valence-electron chi connectivity index (χ1n) is 4.74. The Bertz CT molecular complexity index is 297. The van der Waals surface area contributed by atoms with Crippen molar-refractivity contribution < 1.29 is 9.84 Å². The van der Waals surface area contributed by atoms with Gasteiger partial charge in [-0.15, -0.1) is 0 Å². The van der Waals surface area contributed by atoms with Gasteiger partial charge in [0.05, 0.1) is 6.10 Å². The van der Waals surface area contributed by atoms with Crippen LogP contribution in [0.2, 0.25) is 0 Å². The van der Waals surface area contributed by atoms with E-state index in [1.54, 1.807) is 6.92 Å². The first-order valence-corrected chi connectivity index (χ1v) is 4.74. The molecule has 0 fully saturated rings. The largest absolute Gasteiger partial charge is 0.491 e. The lowest BCUT2D eigenvalue weighted by Gasteiger charge is -2.11. The summed E-state index contributed by atoms with van der Waals surface area (Å²) in [7, 11) is 0. The van der Waals surface area contributed by atoms with Gasteiger partial charge < -0.3 is 15.6 Å². The molecular weight excluding hydrogens is 178 g/mol. The Labute approximate surface area is 84.5 Å². The SMILES string of the molecule is Cc1ccc(CN)cc1OCC(C)O.